The number of likely N-dealkylation sites (tertiary alicyclic amines) is 1. The number of benzene rings is 1. The molecule has 0 aliphatic carbocycles. The molecule has 1 fully saturated rings. The van der Waals surface area contributed by atoms with Gasteiger partial charge in [-0.25, -0.2) is 0 Å². The van der Waals surface area contributed by atoms with Crippen LogP contribution in [0.25, 0.3) is 11.3 Å². The molecule has 1 amide bonds. The Morgan fingerprint density at radius 2 is 1.96 bits per heavy atom. The third kappa shape index (κ3) is 3.95. The van der Waals surface area contributed by atoms with Crippen molar-refractivity contribution in [2.24, 2.45) is 0 Å². The molecule has 3 heterocycles. The van der Waals surface area contributed by atoms with Crippen LogP contribution < -0.4 is 5.32 Å². The lowest BCUT2D eigenvalue weighted by Crippen LogP contribution is -2.36. The first-order chi connectivity index (χ1) is 13.2. The van der Waals surface area contributed by atoms with E-state index in [0.29, 0.717) is 12.3 Å². The summed E-state index contributed by atoms with van der Waals surface area (Å²) in [7, 11) is 0. The van der Waals surface area contributed by atoms with Crippen LogP contribution in [0.3, 0.4) is 0 Å². The highest BCUT2D eigenvalue weighted by atomic mass is 16.5. The zero-order valence-corrected chi connectivity index (χ0v) is 15.4. The second-order valence-corrected chi connectivity index (χ2v) is 6.86. The van der Waals surface area contributed by atoms with Crippen LogP contribution in [0.5, 0.6) is 0 Å². The molecule has 6 nitrogen and oxygen atoms in total. The van der Waals surface area contributed by atoms with Crippen LogP contribution in [-0.4, -0.2) is 35.6 Å². The minimum absolute atomic E-state index is 0.0330. The van der Waals surface area contributed by atoms with Crippen molar-refractivity contribution in [2.75, 3.05) is 19.6 Å². The number of aryl methyl sites for hydroxylation is 1. The molecule has 2 aromatic heterocycles. The predicted octanol–water partition coefficient (Wildman–Crippen LogP) is 3.81. The molecule has 0 radical (unpaired) electrons. The van der Waals surface area contributed by atoms with E-state index in [1.165, 1.54) is 12.8 Å². The van der Waals surface area contributed by atoms with Crippen molar-refractivity contribution >= 4 is 5.91 Å². The van der Waals surface area contributed by atoms with Crippen molar-refractivity contribution in [3.63, 3.8) is 0 Å². The first-order valence-corrected chi connectivity index (χ1v) is 9.31. The molecule has 1 atom stereocenters. The highest BCUT2D eigenvalue weighted by molar-refractivity contribution is 5.93. The lowest BCUT2D eigenvalue weighted by Gasteiger charge is -2.25. The largest absolute Gasteiger partial charge is 0.465 e. The van der Waals surface area contributed by atoms with Crippen molar-refractivity contribution in [2.45, 2.75) is 25.8 Å². The lowest BCUT2D eigenvalue weighted by atomic mass is 10.1. The van der Waals surface area contributed by atoms with Crippen LogP contribution in [-0.2, 0) is 0 Å². The topological polar surface area (TPSA) is 71.5 Å². The molecule has 1 aromatic carbocycles. The summed E-state index contributed by atoms with van der Waals surface area (Å²) in [6.07, 6.45) is 2.35. The van der Waals surface area contributed by atoms with E-state index in [1.54, 1.807) is 6.07 Å². The quantitative estimate of drug-likeness (QED) is 0.719. The number of nitrogens with zero attached hydrogens (tertiary/aromatic N) is 2. The SMILES string of the molecule is Cc1ccc([C@@H](CNC(=O)c2cc(-c3ccccc3)on2)N2CCCC2)o1. The van der Waals surface area contributed by atoms with Gasteiger partial charge in [-0.2, -0.15) is 0 Å². The molecule has 1 aliphatic heterocycles. The van der Waals surface area contributed by atoms with Gasteiger partial charge in [0.2, 0.25) is 0 Å². The van der Waals surface area contributed by atoms with Gasteiger partial charge >= 0.3 is 0 Å². The highest BCUT2D eigenvalue weighted by Gasteiger charge is 2.27. The van der Waals surface area contributed by atoms with E-state index < -0.39 is 0 Å². The molecule has 1 saturated heterocycles. The molecule has 6 heteroatoms. The van der Waals surface area contributed by atoms with Gasteiger partial charge in [-0.05, 0) is 45.0 Å². The maximum atomic E-state index is 12.6. The number of hydrogen-bond donors (Lipinski definition) is 1. The Kier molecular flexibility index (Phi) is 5.07. The van der Waals surface area contributed by atoms with Gasteiger partial charge in [0.25, 0.3) is 5.91 Å². The van der Waals surface area contributed by atoms with Gasteiger partial charge in [0.05, 0.1) is 6.04 Å². The Morgan fingerprint density at radius 3 is 2.67 bits per heavy atom. The molecular formula is C21H23N3O3. The van der Waals surface area contributed by atoms with Crippen LogP contribution in [0, 0.1) is 6.92 Å². The number of carbonyl (C=O) groups excluding carboxylic acids is 1. The summed E-state index contributed by atoms with van der Waals surface area (Å²) in [6.45, 7) is 4.44. The first kappa shape index (κ1) is 17.5. The molecule has 3 aromatic rings. The molecule has 140 valence electrons. The number of hydrogen-bond acceptors (Lipinski definition) is 5. The van der Waals surface area contributed by atoms with Gasteiger partial charge < -0.3 is 14.3 Å². The highest BCUT2D eigenvalue weighted by Crippen LogP contribution is 2.26. The fourth-order valence-corrected chi connectivity index (χ4v) is 3.50. The first-order valence-electron chi connectivity index (χ1n) is 9.31. The van der Waals surface area contributed by atoms with E-state index in [0.717, 1.165) is 30.2 Å². The Labute approximate surface area is 158 Å². The zero-order chi connectivity index (χ0) is 18.6. The Morgan fingerprint density at radius 1 is 1.19 bits per heavy atom. The summed E-state index contributed by atoms with van der Waals surface area (Å²) in [5, 5.41) is 6.91. The van der Waals surface area contributed by atoms with Gasteiger partial charge in [-0.3, -0.25) is 9.69 Å². The summed E-state index contributed by atoms with van der Waals surface area (Å²) in [5.74, 6) is 2.11. The second kappa shape index (κ2) is 7.80. The fraction of sp³-hybridized carbons (Fsp3) is 0.333. The molecule has 1 aliphatic rings. The minimum Gasteiger partial charge on any atom is -0.465 e. The van der Waals surface area contributed by atoms with Gasteiger partial charge in [-0.1, -0.05) is 35.5 Å². The maximum absolute atomic E-state index is 12.6. The lowest BCUT2D eigenvalue weighted by molar-refractivity contribution is 0.0924. The van der Waals surface area contributed by atoms with Crippen molar-refractivity contribution in [3.05, 3.63) is 65.7 Å². The van der Waals surface area contributed by atoms with Crippen molar-refractivity contribution in [3.8, 4) is 11.3 Å². The molecule has 1 N–H and O–H groups in total. The summed E-state index contributed by atoms with van der Waals surface area (Å²) in [6, 6.07) is 15.3. The third-order valence-electron chi connectivity index (χ3n) is 4.93. The van der Waals surface area contributed by atoms with E-state index in [2.05, 4.69) is 15.4 Å². The average molecular weight is 365 g/mol. The van der Waals surface area contributed by atoms with Gasteiger partial charge in [0.15, 0.2) is 11.5 Å². The average Bonchev–Trinajstić information content (AvgIpc) is 3.45. The fourth-order valence-electron chi connectivity index (χ4n) is 3.50. The summed E-state index contributed by atoms with van der Waals surface area (Å²) in [5.41, 5.74) is 1.18. The van der Waals surface area contributed by atoms with Crippen LogP contribution >= 0.6 is 0 Å². The number of aromatic nitrogens is 1. The summed E-state index contributed by atoms with van der Waals surface area (Å²) in [4.78, 5) is 14.9. The van der Waals surface area contributed by atoms with Crippen LogP contribution in [0.1, 0.15) is 40.9 Å². The van der Waals surface area contributed by atoms with E-state index >= 15 is 0 Å². The molecule has 0 unspecified atom stereocenters. The Balaban J connectivity index is 1.44. The molecular weight excluding hydrogens is 342 g/mol. The molecule has 4 rings (SSSR count). The summed E-state index contributed by atoms with van der Waals surface area (Å²) >= 11 is 0. The normalized spacial score (nSPS) is 15.7. The monoisotopic (exact) mass is 365 g/mol. The van der Waals surface area contributed by atoms with Crippen LogP contribution in [0.4, 0.5) is 0 Å². The summed E-state index contributed by atoms with van der Waals surface area (Å²) < 4.78 is 11.2. The Bertz CT molecular complexity index is 894. The van der Waals surface area contributed by atoms with Crippen LogP contribution in [0.2, 0.25) is 0 Å². The molecule has 0 saturated carbocycles. The zero-order valence-electron chi connectivity index (χ0n) is 15.4. The molecule has 0 spiro atoms. The number of carbonyl (C=O) groups is 1. The Hall–Kier alpha value is -2.86. The minimum atomic E-state index is -0.242. The number of rotatable bonds is 6. The van der Waals surface area contributed by atoms with E-state index in [9.17, 15) is 4.79 Å². The standard InChI is InChI=1S/C21H23N3O3/c1-15-9-10-19(26-15)18(24-11-5-6-12-24)14-22-21(25)17-13-20(27-23-17)16-7-3-2-4-8-16/h2-4,7-10,13,18H,5-6,11-12,14H2,1H3,(H,22,25)/t18-/m1/s1. The van der Waals surface area contributed by atoms with Crippen molar-refractivity contribution < 1.29 is 13.7 Å². The smallest absolute Gasteiger partial charge is 0.273 e. The predicted molar refractivity (Wildman–Crippen MR) is 101 cm³/mol. The van der Waals surface area contributed by atoms with Gasteiger partial charge in [-0.15, -0.1) is 0 Å². The number of amides is 1. The molecule has 0 bridgehead atoms. The maximum Gasteiger partial charge on any atom is 0.273 e. The number of nitrogens with one attached hydrogen (secondary N) is 1. The van der Waals surface area contributed by atoms with Crippen molar-refractivity contribution in [1.29, 1.82) is 0 Å². The van der Waals surface area contributed by atoms with Crippen LogP contribution in [0.15, 0.2) is 57.5 Å². The van der Waals surface area contributed by atoms with E-state index in [4.69, 9.17) is 8.94 Å². The second-order valence-electron chi connectivity index (χ2n) is 6.86. The van der Waals surface area contributed by atoms with E-state index in [-0.39, 0.29) is 17.6 Å². The van der Waals surface area contributed by atoms with Gasteiger partial charge in [0, 0.05) is 18.2 Å². The number of furan rings is 1. The third-order valence-corrected chi connectivity index (χ3v) is 4.93. The van der Waals surface area contributed by atoms with Crippen molar-refractivity contribution in [1.82, 2.24) is 15.4 Å². The van der Waals surface area contributed by atoms with Gasteiger partial charge in [0.1, 0.15) is 11.5 Å². The molecule has 27 heavy (non-hydrogen) atoms. The van der Waals surface area contributed by atoms with E-state index in [1.807, 2.05) is 49.4 Å².